The van der Waals surface area contributed by atoms with Crippen LogP contribution in [0.25, 0.3) is 0 Å². The molecule has 5 nitrogen and oxygen atoms in total. The number of hydrogen-bond donors (Lipinski definition) is 1. The second kappa shape index (κ2) is 8.40. The van der Waals surface area contributed by atoms with Gasteiger partial charge in [-0.05, 0) is 31.5 Å². The molecule has 0 bridgehead atoms. The maximum Gasteiger partial charge on any atom is 0.257 e. The van der Waals surface area contributed by atoms with Gasteiger partial charge in [-0.15, -0.1) is 0 Å². The lowest BCUT2D eigenvalue weighted by Crippen LogP contribution is -2.36. The van der Waals surface area contributed by atoms with Crippen molar-refractivity contribution in [1.29, 1.82) is 0 Å². The van der Waals surface area contributed by atoms with Crippen molar-refractivity contribution >= 4 is 17.5 Å². The molecule has 0 aliphatic carbocycles. The predicted molar refractivity (Wildman–Crippen MR) is 103 cm³/mol. The summed E-state index contributed by atoms with van der Waals surface area (Å²) in [6.07, 6.45) is 2.91. The number of para-hydroxylation sites is 1. The van der Waals surface area contributed by atoms with Crippen LogP contribution in [0.15, 0.2) is 67.0 Å². The molecular formula is C21H21FN4O. The monoisotopic (exact) mass is 364 g/mol. The number of hydrogen-bond acceptors (Lipinski definition) is 4. The van der Waals surface area contributed by atoms with Crippen molar-refractivity contribution in [2.24, 2.45) is 0 Å². The lowest BCUT2D eigenvalue weighted by molar-refractivity contribution is 0.0689. The second-order valence-electron chi connectivity index (χ2n) is 6.41. The van der Waals surface area contributed by atoms with Gasteiger partial charge in [0, 0.05) is 25.0 Å². The maximum atomic E-state index is 13.7. The van der Waals surface area contributed by atoms with E-state index in [2.05, 4.69) is 15.3 Å². The Hall–Kier alpha value is -3.28. The van der Waals surface area contributed by atoms with Crippen LogP contribution in [0.5, 0.6) is 0 Å². The molecule has 6 heteroatoms. The van der Waals surface area contributed by atoms with Gasteiger partial charge < -0.3 is 10.2 Å². The van der Waals surface area contributed by atoms with Gasteiger partial charge >= 0.3 is 0 Å². The summed E-state index contributed by atoms with van der Waals surface area (Å²) < 4.78 is 13.7. The summed E-state index contributed by atoms with van der Waals surface area (Å²) in [6.45, 7) is 4.44. The largest absolute Gasteiger partial charge is 0.332 e. The minimum absolute atomic E-state index is 0.0222. The van der Waals surface area contributed by atoms with E-state index in [1.54, 1.807) is 23.1 Å². The summed E-state index contributed by atoms with van der Waals surface area (Å²) in [5, 5.41) is 2.81. The number of halogens is 1. The summed E-state index contributed by atoms with van der Waals surface area (Å²) in [5.41, 5.74) is 1.72. The summed E-state index contributed by atoms with van der Waals surface area (Å²) in [5.74, 6) is -0.308. The van der Waals surface area contributed by atoms with E-state index in [-0.39, 0.29) is 23.6 Å². The first-order chi connectivity index (χ1) is 13.0. The zero-order chi connectivity index (χ0) is 19.2. The fourth-order valence-corrected chi connectivity index (χ4v) is 2.62. The van der Waals surface area contributed by atoms with E-state index < -0.39 is 5.82 Å². The lowest BCUT2D eigenvalue weighted by atomic mass is 10.1. The van der Waals surface area contributed by atoms with Gasteiger partial charge in [0.1, 0.15) is 5.82 Å². The van der Waals surface area contributed by atoms with Crippen LogP contribution in [0.1, 0.15) is 29.8 Å². The molecule has 1 amide bonds. The van der Waals surface area contributed by atoms with Gasteiger partial charge in [0.05, 0.1) is 11.3 Å². The smallest absolute Gasteiger partial charge is 0.257 e. The molecule has 0 spiro atoms. The predicted octanol–water partition coefficient (Wildman–Crippen LogP) is 4.41. The molecule has 0 fully saturated rings. The van der Waals surface area contributed by atoms with E-state index in [1.807, 2.05) is 44.2 Å². The van der Waals surface area contributed by atoms with Crippen LogP contribution < -0.4 is 5.32 Å². The van der Waals surface area contributed by atoms with Crippen LogP contribution in [0.2, 0.25) is 0 Å². The highest BCUT2D eigenvalue weighted by atomic mass is 19.1. The average Bonchev–Trinajstić information content (AvgIpc) is 2.68. The van der Waals surface area contributed by atoms with Crippen molar-refractivity contribution in [3.05, 3.63) is 83.9 Å². The molecule has 1 heterocycles. The number of rotatable bonds is 6. The minimum Gasteiger partial charge on any atom is -0.332 e. The molecule has 0 saturated heterocycles. The Kier molecular flexibility index (Phi) is 5.76. The number of nitrogens with one attached hydrogen (secondary N) is 1. The molecule has 3 rings (SSSR count). The molecule has 2 aromatic carbocycles. The number of amides is 1. The Bertz CT molecular complexity index is 898. The first-order valence-electron chi connectivity index (χ1n) is 8.73. The van der Waals surface area contributed by atoms with Gasteiger partial charge in [-0.25, -0.2) is 14.4 Å². The number of carbonyl (C=O) groups excluding carboxylic acids is 1. The zero-order valence-electron chi connectivity index (χ0n) is 15.3. The molecule has 0 unspecified atom stereocenters. The Balaban J connectivity index is 1.74. The molecule has 0 aliphatic rings. The molecule has 0 saturated carbocycles. The van der Waals surface area contributed by atoms with Crippen molar-refractivity contribution in [2.45, 2.75) is 26.4 Å². The van der Waals surface area contributed by atoms with Gasteiger partial charge in [0.25, 0.3) is 5.91 Å². The van der Waals surface area contributed by atoms with E-state index in [4.69, 9.17) is 0 Å². The topological polar surface area (TPSA) is 58.1 Å². The van der Waals surface area contributed by atoms with Crippen molar-refractivity contribution in [1.82, 2.24) is 14.9 Å². The van der Waals surface area contributed by atoms with Gasteiger partial charge in [-0.1, -0.05) is 42.5 Å². The molecule has 0 atom stereocenters. The van der Waals surface area contributed by atoms with E-state index >= 15 is 0 Å². The van der Waals surface area contributed by atoms with Crippen LogP contribution >= 0.6 is 0 Å². The summed E-state index contributed by atoms with van der Waals surface area (Å²) in [7, 11) is 0. The zero-order valence-corrected chi connectivity index (χ0v) is 15.3. The van der Waals surface area contributed by atoms with Crippen molar-refractivity contribution < 1.29 is 9.18 Å². The normalized spacial score (nSPS) is 10.7. The van der Waals surface area contributed by atoms with E-state index in [1.165, 1.54) is 18.5 Å². The van der Waals surface area contributed by atoms with Crippen molar-refractivity contribution in [3.8, 4) is 0 Å². The minimum atomic E-state index is -0.393. The number of anilines is 2. The summed E-state index contributed by atoms with van der Waals surface area (Å²) in [4.78, 5) is 22.9. The molecule has 138 valence electrons. The molecule has 1 N–H and O–H groups in total. The highest BCUT2D eigenvalue weighted by Gasteiger charge is 2.20. The van der Waals surface area contributed by atoms with Crippen molar-refractivity contribution in [3.63, 3.8) is 0 Å². The molecule has 0 radical (unpaired) electrons. The first-order valence-corrected chi connectivity index (χ1v) is 8.73. The Morgan fingerprint density at radius 3 is 2.30 bits per heavy atom. The number of aromatic nitrogens is 2. The highest BCUT2D eigenvalue weighted by molar-refractivity contribution is 5.93. The van der Waals surface area contributed by atoms with E-state index in [9.17, 15) is 9.18 Å². The third-order valence-electron chi connectivity index (χ3n) is 4.10. The van der Waals surface area contributed by atoms with Gasteiger partial charge in [-0.2, -0.15) is 0 Å². The van der Waals surface area contributed by atoms with Crippen LogP contribution in [-0.2, 0) is 6.54 Å². The van der Waals surface area contributed by atoms with E-state index in [0.29, 0.717) is 12.1 Å². The van der Waals surface area contributed by atoms with Gasteiger partial charge in [-0.3, -0.25) is 4.79 Å². The van der Waals surface area contributed by atoms with Crippen LogP contribution in [0.4, 0.5) is 16.0 Å². The Labute approximate surface area is 157 Å². The summed E-state index contributed by atoms with van der Waals surface area (Å²) >= 11 is 0. The Morgan fingerprint density at radius 1 is 1.04 bits per heavy atom. The average molecular weight is 364 g/mol. The quantitative estimate of drug-likeness (QED) is 0.704. The number of carbonyl (C=O) groups is 1. The van der Waals surface area contributed by atoms with Crippen LogP contribution in [-0.4, -0.2) is 26.8 Å². The first kappa shape index (κ1) is 18.5. The number of benzene rings is 2. The fraction of sp³-hybridized carbons (Fsp3) is 0.190. The van der Waals surface area contributed by atoms with Crippen LogP contribution in [0, 0.1) is 5.82 Å². The third kappa shape index (κ3) is 4.67. The van der Waals surface area contributed by atoms with Crippen molar-refractivity contribution in [2.75, 3.05) is 5.32 Å². The molecular weight excluding hydrogens is 343 g/mol. The lowest BCUT2D eigenvalue weighted by Gasteiger charge is -2.26. The standard InChI is InChI=1S/C21H21FN4O/c1-15(2)26(14-16-8-4-3-5-9-16)20(27)17-12-23-21(24-13-17)25-19-11-7-6-10-18(19)22/h3-13,15H,14H2,1-2H3,(H,23,24,25). The van der Waals surface area contributed by atoms with E-state index in [0.717, 1.165) is 5.56 Å². The summed E-state index contributed by atoms with van der Waals surface area (Å²) in [6, 6.07) is 16.1. The molecule has 3 aromatic rings. The highest BCUT2D eigenvalue weighted by Crippen LogP contribution is 2.17. The number of nitrogens with zero attached hydrogens (tertiary/aromatic N) is 3. The SMILES string of the molecule is CC(C)N(Cc1ccccc1)C(=O)c1cnc(Nc2ccccc2F)nc1. The van der Waals surface area contributed by atoms with Gasteiger partial charge in [0.15, 0.2) is 0 Å². The molecule has 0 aliphatic heterocycles. The molecule has 1 aromatic heterocycles. The third-order valence-corrected chi connectivity index (χ3v) is 4.10. The van der Waals surface area contributed by atoms with Gasteiger partial charge in [0.2, 0.25) is 5.95 Å². The second-order valence-corrected chi connectivity index (χ2v) is 6.41. The maximum absolute atomic E-state index is 13.7. The fourth-order valence-electron chi connectivity index (χ4n) is 2.62. The Morgan fingerprint density at radius 2 is 1.67 bits per heavy atom. The molecule has 27 heavy (non-hydrogen) atoms. The van der Waals surface area contributed by atoms with Crippen LogP contribution in [0.3, 0.4) is 0 Å².